The Bertz CT molecular complexity index is 1140. The molecule has 34 heavy (non-hydrogen) atoms. The van der Waals surface area contributed by atoms with E-state index < -0.39 is 0 Å². The topological polar surface area (TPSA) is 58.4 Å². The second-order valence-electron chi connectivity index (χ2n) is 9.54. The number of benzene rings is 2. The SMILES string of the molecule is Cc1ccc(-c2nn(Cc3ccccc3)cc2C(=O)N2CCC(C(=O)N3CCCC3)CC2)cc1. The highest BCUT2D eigenvalue weighted by Crippen LogP contribution is 2.27. The van der Waals surface area contributed by atoms with Gasteiger partial charge < -0.3 is 9.80 Å². The van der Waals surface area contributed by atoms with Crippen LogP contribution in [0.4, 0.5) is 0 Å². The molecule has 0 radical (unpaired) electrons. The third-order valence-electron chi connectivity index (χ3n) is 7.05. The molecule has 0 aliphatic carbocycles. The van der Waals surface area contributed by atoms with E-state index in [0.29, 0.717) is 25.2 Å². The zero-order valence-electron chi connectivity index (χ0n) is 19.8. The van der Waals surface area contributed by atoms with Crippen molar-refractivity contribution in [3.63, 3.8) is 0 Å². The molecule has 2 saturated heterocycles. The van der Waals surface area contributed by atoms with Gasteiger partial charge >= 0.3 is 0 Å². The summed E-state index contributed by atoms with van der Waals surface area (Å²) in [5, 5.41) is 4.83. The number of hydrogen-bond donors (Lipinski definition) is 0. The fourth-order valence-corrected chi connectivity index (χ4v) is 5.05. The highest BCUT2D eigenvalue weighted by Gasteiger charge is 2.32. The Hall–Kier alpha value is -3.41. The second kappa shape index (κ2) is 9.84. The summed E-state index contributed by atoms with van der Waals surface area (Å²) in [6.07, 6.45) is 5.57. The average molecular weight is 457 g/mol. The van der Waals surface area contributed by atoms with Crippen LogP contribution in [0, 0.1) is 12.8 Å². The maximum atomic E-state index is 13.6. The van der Waals surface area contributed by atoms with Crippen LogP contribution < -0.4 is 0 Å². The molecule has 6 heteroatoms. The lowest BCUT2D eigenvalue weighted by Gasteiger charge is -2.33. The quantitative estimate of drug-likeness (QED) is 0.572. The predicted octanol–water partition coefficient (Wildman–Crippen LogP) is 4.38. The Balaban J connectivity index is 1.35. The van der Waals surface area contributed by atoms with Crippen molar-refractivity contribution >= 4 is 11.8 Å². The van der Waals surface area contributed by atoms with E-state index in [9.17, 15) is 9.59 Å². The molecule has 2 aliphatic rings. The Kier molecular flexibility index (Phi) is 6.48. The van der Waals surface area contributed by atoms with Crippen LogP contribution in [0.15, 0.2) is 60.8 Å². The molecule has 0 unspecified atom stereocenters. The number of carbonyl (C=O) groups excluding carboxylic acids is 2. The molecular formula is C28H32N4O2. The lowest BCUT2D eigenvalue weighted by atomic mass is 9.94. The van der Waals surface area contributed by atoms with Crippen molar-refractivity contribution in [2.45, 2.75) is 39.2 Å². The molecule has 2 aromatic carbocycles. The molecular weight excluding hydrogens is 424 g/mol. The lowest BCUT2D eigenvalue weighted by Crippen LogP contribution is -2.43. The van der Waals surface area contributed by atoms with Crippen molar-refractivity contribution < 1.29 is 9.59 Å². The van der Waals surface area contributed by atoms with E-state index in [0.717, 1.165) is 55.6 Å². The van der Waals surface area contributed by atoms with Gasteiger partial charge in [0.2, 0.25) is 5.91 Å². The van der Waals surface area contributed by atoms with Crippen LogP contribution in [0.1, 0.15) is 47.2 Å². The van der Waals surface area contributed by atoms with E-state index in [1.807, 2.05) is 51.0 Å². The second-order valence-corrected chi connectivity index (χ2v) is 9.54. The smallest absolute Gasteiger partial charge is 0.257 e. The fraction of sp³-hybridized carbons (Fsp3) is 0.393. The van der Waals surface area contributed by atoms with Gasteiger partial charge in [-0.1, -0.05) is 60.2 Å². The summed E-state index contributed by atoms with van der Waals surface area (Å²) in [5.74, 6) is 0.321. The maximum Gasteiger partial charge on any atom is 0.257 e. The third-order valence-corrected chi connectivity index (χ3v) is 7.05. The van der Waals surface area contributed by atoms with Crippen LogP contribution in [-0.2, 0) is 11.3 Å². The van der Waals surface area contributed by atoms with Crippen LogP contribution in [0.25, 0.3) is 11.3 Å². The van der Waals surface area contributed by atoms with Gasteiger partial charge in [0.25, 0.3) is 5.91 Å². The van der Waals surface area contributed by atoms with Crippen molar-refractivity contribution in [3.8, 4) is 11.3 Å². The van der Waals surface area contributed by atoms with Crippen LogP contribution in [0.2, 0.25) is 0 Å². The summed E-state index contributed by atoms with van der Waals surface area (Å²) in [6.45, 7) is 5.66. The number of nitrogens with zero attached hydrogens (tertiary/aromatic N) is 4. The molecule has 0 saturated carbocycles. The van der Waals surface area contributed by atoms with Crippen LogP contribution in [0.5, 0.6) is 0 Å². The Morgan fingerprint density at radius 2 is 1.56 bits per heavy atom. The van der Waals surface area contributed by atoms with E-state index in [1.165, 1.54) is 5.56 Å². The molecule has 2 aliphatic heterocycles. The standard InChI is InChI=1S/C28H32N4O2/c1-21-9-11-23(12-10-21)26-25(20-32(29-26)19-22-7-3-2-4-8-22)28(34)31-17-13-24(14-18-31)27(33)30-15-5-6-16-30/h2-4,7-12,20,24H,5-6,13-19H2,1H3. The number of likely N-dealkylation sites (tertiary alicyclic amines) is 2. The first-order valence-corrected chi connectivity index (χ1v) is 12.3. The minimum absolute atomic E-state index is 0.00181. The zero-order chi connectivity index (χ0) is 23.5. The number of aryl methyl sites for hydroxylation is 1. The first-order chi connectivity index (χ1) is 16.6. The van der Waals surface area contributed by atoms with Gasteiger partial charge in [-0.3, -0.25) is 14.3 Å². The lowest BCUT2D eigenvalue weighted by molar-refractivity contribution is -0.135. The van der Waals surface area contributed by atoms with Gasteiger partial charge in [-0.2, -0.15) is 5.10 Å². The summed E-state index contributed by atoms with van der Waals surface area (Å²) in [4.78, 5) is 30.3. The Morgan fingerprint density at radius 3 is 2.24 bits per heavy atom. The highest BCUT2D eigenvalue weighted by atomic mass is 16.2. The molecule has 0 atom stereocenters. The van der Waals surface area contributed by atoms with Crippen molar-refractivity contribution in [3.05, 3.63) is 77.5 Å². The molecule has 176 valence electrons. The zero-order valence-corrected chi connectivity index (χ0v) is 19.8. The minimum atomic E-state index is 0.00181. The van der Waals surface area contributed by atoms with Crippen molar-refractivity contribution in [1.82, 2.24) is 19.6 Å². The van der Waals surface area contributed by atoms with Gasteiger partial charge in [-0.15, -0.1) is 0 Å². The maximum absolute atomic E-state index is 13.6. The molecule has 3 aromatic rings. The van der Waals surface area contributed by atoms with Crippen LogP contribution in [0.3, 0.4) is 0 Å². The molecule has 0 spiro atoms. The van der Waals surface area contributed by atoms with Gasteiger partial charge in [-0.25, -0.2) is 0 Å². The van der Waals surface area contributed by atoms with E-state index in [-0.39, 0.29) is 17.7 Å². The first-order valence-electron chi connectivity index (χ1n) is 12.3. The van der Waals surface area contributed by atoms with Gasteiger partial charge in [0.05, 0.1) is 12.1 Å². The summed E-state index contributed by atoms with van der Waals surface area (Å²) in [7, 11) is 0. The van der Waals surface area contributed by atoms with Crippen molar-refractivity contribution in [2.75, 3.05) is 26.2 Å². The molecule has 3 heterocycles. The molecule has 1 aromatic heterocycles. The summed E-state index contributed by atoms with van der Waals surface area (Å²) in [6, 6.07) is 18.3. The van der Waals surface area contributed by atoms with Crippen molar-refractivity contribution in [1.29, 1.82) is 0 Å². The average Bonchev–Trinajstić information content (AvgIpc) is 3.55. The largest absolute Gasteiger partial charge is 0.342 e. The number of amides is 2. The van der Waals surface area contributed by atoms with Gasteiger partial charge in [0, 0.05) is 43.9 Å². The van der Waals surface area contributed by atoms with E-state index in [4.69, 9.17) is 5.10 Å². The normalized spacial score (nSPS) is 16.7. The third kappa shape index (κ3) is 4.76. The van der Waals surface area contributed by atoms with Crippen molar-refractivity contribution in [2.24, 2.45) is 5.92 Å². The predicted molar refractivity (Wildman–Crippen MR) is 132 cm³/mol. The number of carbonyl (C=O) groups is 2. The van der Waals surface area contributed by atoms with E-state index in [1.54, 1.807) is 0 Å². The number of piperidine rings is 1. The number of rotatable bonds is 5. The number of hydrogen-bond acceptors (Lipinski definition) is 3. The first kappa shape index (κ1) is 22.4. The fourth-order valence-electron chi connectivity index (χ4n) is 5.05. The summed E-state index contributed by atoms with van der Waals surface area (Å²) >= 11 is 0. The summed E-state index contributed by atoms with van der Waals surface area (Å²) in [5.41, 5.74) is 4.60. The van der Waals surface area contributed by atoms with E-state index >= 15 is 0 Å². The highest BCUT2D eigenvalue weighted by molar-refractivity contribution is 6.00. The number of aromatic nitrogens is 2. The molecule has 0 N–H and O–H groups in total. The molecule has 0 bridgehead atoms. The van der Waals surface area contributed by atoms with Gasteiger partial charge in [-0.05, 0) is 38.2 Å². The monoisotopic (exact) mass is 456 g/mol. The minimum Gasteiger partial charge on any atom is -0.342 e. The molecule has 5 rings (SSSR count). The summed E-state index contributed by atoms with van der Waals surface area (Å²) < 4.78 is 1.86. The van der Waals surface area contributed by atoms with Gasteiger partial charge in [0.15, 0.2) is 0 Å². The molecule has 6 nitrogen and oxygen atoms in total. The Morgan fingerprint density at radius 1 is 0.882 bits per heavy atom. The van der Waals surface area contributed by atoms with Crippen LogP contribution in [-0.4, -0.2) is 57.6 Å². The Labute approximate surface area is 201 Å². The van der Waals surface area contributed by atoms with Crippen LogP contribution >= 0.6 is 0 Å². The molecule has 2 fully saturated rings. The van der Waals surface area contributed by atoms with E-state index in [2.05, 4.69) is 31.2 Å². The molecule has 2 amide bonds. The van der Waals surface area contributed by atoms with Gasteiger partial charge in [0.1, 0.15) is 5.69 Å².